The molecule has 1 nitrogen and oxygen atoms in total. The number of halogens is 3. The van der Waals surface area contributed by atoms with E-state index in [1.807, 2.05) is 0 Å². The van der Waals surface area contributed by atoms with Gasteiger partial charge in [-0.1, -0.05) is 6.08 Å². The van der Waals surface area contributed by atoms with Gasteiger partial charge in [0.05, 0.1) is 0 Å². The van der Waals surface area contributed by atoms with E-state index < -0.39 is 17.5 Å². The summed E-state index contributed by atoms with van der Waals surface area (Å²) in [6, 6.07) is 1.48. The van der Waals surface area contributed by atoms with E-state index >= 15 is 0 Å². The molecule has 0 bridgehead atoms. The van der Waals surface area contributed by atoms with Crippen LogP contribution in [0.1, 0.15) is 5.56 Å². The molecule has 0 unspecified atom stereocenters. The maximum Gasteiger partial charge on any atom is 0.194 e. The average Bonchev–Trinajstić information content (AvgIpc) is 2.14. The minimum absolute atomic E-state index is 0.234. The highest BCUT2D eigenvalue weighted by Crippen LogP contribution is 2.14. The molecule has 1 rings (SSSR count). The maximum absolute atomic E-state index is 12.7. The second-order valence-corrected chi connectivity index (χ2v) is 2.98. The molecule has 0 fully saturated rings. The van der Waals surface area contributed by atoms with Gasteiger partial charge in [-0.05, 0) is 24.1 Å². The Balaban J connectivity index is 2.95. The predicted octanol–water partition coefficient (Wildman–Crippen LogP) is 2.16. The van der Waals surface area contributed by atoms with Gasteiger partial charge in [-0.15, -0.1) is 6.58 Å². The summed E-state index contributed by atoms with van der Waals surface area (Å²) in [4.78, 5) is 0. The van der Waals surface area contributed by atoms with E-state index in [2.05, 4.69) is 6.58 Å². The molecule has 0 radical (unpaired) electrons. The zero-order valence-electron chi connectivity index (χ0n) is 7.43. The molecule has 76 valence electrons. The summed E-state index contributed by atoms with van der Waals surface area (Å²) in [7, 11) is 0. The molecule has 0 aromatic heterocycles. The van der Waals surface area contributed by atoms with Crippen molar-refractivity contribution in [1.82, 2.24) is 0 Å². The number of benzene rings is 1. The monoisotopic (exact) mass is 201 g/mol. The van der Waals surface area contributed by atoms with Crippen LogP contribution in [-0.4, -0.2) is 6.04 Å². The number of rotatable bonds is 3. The lowest BCUT2D eigenvalue weighted by molar-refractivity contribution is 0.445. The normalized spacial score (nSPS) is 12.6. The zero-order chi connectivity index (χ0) is 10.7. The van der Waals surface area contributed by atoms with E-state index in [9.17, 15) is 13.2 Å². The Labute approximate surface area is 80.0 Å². The third-order valence-corrected chi connectivity index (χ3v) is 1.82. The van der Waals surface area contributed by atoms with Crippen molar-refractivity contribution in [2.45, 2.75) is 12.5 Å². The van der Waals surface area contributed by atoms with Crippen LogP contribution >= 0.6 is 0 Å². The van der Waals surface area contributed by atoms with Gasteiger partial charge in [-0.2, -0.15) is 0 Å². The van der Waals surface area contributed by atoms with Crippen LogP contribution in [0.2, 0.25) is 0 Å². The van der Waals surface area contributed by atoms with Crippen molar-refractivity contribution in [3.8, 4) is 0 Å². The minimum atomic E-state index is -1.46. The SMILES string of the molecule is C=C[C@@H](N)Cc1cc(F)c(F)c(F)c1. The molecule has 0 aliphatic carbocycles. The van der Waals surface area contributed by atoms with E-state index in [1.54, 1.807) is 0 Å². The first-order valence-electron chi connectivity index (χ1n) is 4.06. The summed E-state index contributed by atoms with van der Waals surface area (Å²) in [6.45, 7) is 3.43. The largest absolute Gasteiger partial charge is 0.324 e. The fourth-order valence-corrected chi connectivity index (χ4v) is 1.08. The summed E-state index contributed by atoms with van der Waals surface area (Å²) in [5.41, 5.74) is 5.80. The topological polar surface area (TPSA) is 26.0 Å². The van der Waals surface area contributed by atoms with E-state index in [-0.39, 0.29) is 12.5 Å². The van der Waals surface area contributed by atoms with Crippen molar-refractivity contribution in [3.63, 3.8) is 0 Å². The Bertz CT molecular complexity index is 326. The summed E-state index contributed by atoms with van der Waals surface area (Å²) in [5, 5.41) is 0. The summed E-state index contributed by atoms with van der Waals surface area (Å²) < 4.78 is 38.0. The fraction of sp³-hybridized carbons (Fsp3) is 0.200. The molecule has 4 heteroatoms. The summed E-state index contributed by atoms with van der Waals surface area (Å²) in [5.74, 6) is -3.85. The molecule has 1 aromatic rings. The van der Waals surface area contributed by atoms with E-state index in [0.29, 0.717) is 5.56 Å². The van der Waals surface area contributed by atoms with Crippen LogP contribution < -0.4 is 5.73 Å². The van der Waals surface area contributed by atoms with E-state index in [4.69, 9.17) is 5.73 Å². The molecule has 2 N–H and O–H groups in total. The van der Waals surface area contributed by atoms with Crippen LogP contribution in [0, 0.1) is 17.5 Å². The molecular formula is C10H10F3N. The molecule has 1 aromatic carbocycles. The van der Waals surface area contributed by atoms with Crippen LogP contribution in [-0.2, 0) is 6.42 Å². The van der Waals surface area contributed by atoms with Gasteiger partial charge in [-0.25, -0.2) is 13.2 Å². The molecule has 0 heterocycles. The maximum atomic E-state index is 12.7. The first kappa shape index (κ1) is 10.8. The van der Waals surface area contributed by atoms with Crippen LogP contribution in [0.15, 0.2) is 24.8 Å². The van der Waals surface area contributed by atoms with Gasteiger partial charge >= 0.3 is 0 Å². The summed E-state index contributed by atoms with van der Waals surface area (Å²) in [6.07, 6.45) is 1.69. The molecule has 14 heavy (non-hydrogen) atoms. The van der Waals surface area contributed by atoms with Crippen LogP contribution in [0.3, 0.4) is 0 Å². The minimum Gasteiger partial charge on any atom is -0.324 e. The van der Waals surface area contributed by atoms with Gasteiger partial charge < -0.3 is 5.73 Å². The van der Waals surface area contributed by atoms with Crippen LogP contribution in [0.25, 0.3) is 0 Å². The second-order valence-electron chi connectivity index (χ2n) is 2.98. The van der Waals surface area contributed by atoms with E-state index in [0.717, 1.165) is 12.1 Å². The molecule has 1 atom stereocenters. The lowest BCUT2D eigenvalue weighted by Crippen LogP contribution is -2.19. The highest BCUT2D eigenvalue weighted by Gasteiger charge is 2.11. The molecule has 0 aliphatic rings. The zero-order valence-corrected chi connectivity index (χ0v) is 7.43. The molecular weight excluding hydrogens is 191 g/mol. The van der Waals surface area contributed by atoms with Crippen LogP contribution in [0.4, 0.5) is 13.2 Å². The predicted molar refractivity (Wildman–Crippen MR) is 48.2 cm³/mol. The first-order valence-corrected chi connectivity index (χ1v) is 4.06. The third-order valence-electron chi connectivity index (χ3n) is 1.82. The Morgan fingerprint density at radius 3 is 2.21 bits per heavy atom. The Kier molecular flexibility index (Phi) is 3.30. The van der Waals surface area contributed by atoms with Crippen molar-refractivity contribution in [1.29, 1.82) is 0 Å². The first-order chi connectivity index (χ1) is 6.54. The van der Waals surface area contributed by atoms with Crippen molar-refractivity contribution in [2.75, 3.05) is 0 Å². The van der Waals surface area contributed by atoms with Crippen molar-refractivity contribution in [3.05, 3.63) is 47.8 Å². The Hall–Kier alpha value is -1.29. The van der Waals surface area contributed by atoms with Crippen LogP contribution in [0.5, 0.6) is 0 Å². The Morgan fingerprint density at radius 2 is 1.79 bits per heavy atom. The molecule has 0 spiro atoms. The summed E-state index contributed by atoms with van der Waals surface area (Å²) >= 11 is 0. The number of hydrogen-bond acceptors (Lipinski definition) is 1. The molecule has 0 amide bonds. The lowest BCUT2D eigenvalue weighted by atomic mass is 10.1. The highest BCUT2D eigenvalue weighted by molar-refractivity contribution is 5.21. The highest BCUT2D eigenvalue weighted by atomic mass is 19.2. The van der Waals surface area contributed by atoms with Gasteiger partial charge in [0, 0.05) is 6.04 Å². The van der Waals surface area contributed by atoms with Crippen molar-refractivity contribution in [2.24, 2.45) is 5.73 Å². The number of hydrogen-bond donors (Lipinski definition) is 1. The smallest absolute Gasteiger partial charge is 0.194 e. The third kappa shape index (κ3) is 2.35. The van der Waals surface area contributed by atoms with Gasteiger partial charge in [0.1, 0.15) is 0 Å². The standard InChI is InChI=1S/C10H10F3N/c1-2-7(14)3-6-4-8(11)10(13)9(12)5-6/h2,4-5,7H,1,3,14H2/t7-/m1/s1. The van der Waals surface area contributed by atoms with E-state index in [1.165, 1.54) is 6.08 Å². The van der Waals surface area contributed by atoms with Gasteiger partial charge in [0.2, 0.25) is 0 Å². The number of nitrogens with two attached hydrogens (primary N) is 1. The van der Waals surface area contributed by atoms with Gasteiger partial charge in [0.25, 0.3) is 0 Å². The quantitative estimate of drug-likeness (QED) is 0.588. The average molecular weight is 201 g/mol. The van der Waals surface area contributed by atoms with Crippen molar-refractivity contribution < 1.29 is 13.2 Å². The van der Waals surface area contributed by atoms with Gasteiger partial charge in [-0.3, -0.25) is 0 Å². The molecule has 0 aliphatic heterocycles. The lowest BCUT2D eigenvalue weighted by Gasteiger charge is -2.06. The van der Waals surface area contributed by atoms with Crippen molar-refractivity contribution >= 4 is 0 Å². The Morgan fingerprint density at radius 1 is 1.29 bits per heavy atom. The second kappa shape index (κ2) is 4.28. The van der Waals surface area contributed by atoms with Gasteiger partial charge in [0.15, 0.2) is 17.5 Å². The molecule has 0 saturated carbocycles. The fourth-order valence-electron chi connectivity index (χ4n) is 1.08. The molecule has 0 saturated heterocycles.